The fourth-order valence-electron chi connectivity index (χ4n) is 10.0. The van der Waals surface area contributed by atoms with Gasteiger partial charge in [0.2, 0.25) is 0 Å². The Labute approximate surface area is 371 Å². The van der Waals surface area contributed by atoms with E-state index in [2.05, 4.69) is 231 Å². The lowest BCUT2D eigenvalue weighted by molar-refractivity contribution is 0.680. The van der Waals surface area contributed by atoms with E-state index in [-0.39, 0.29) is 11.6 Å². The summed E-state index contributed by atoms with van der Waals surface area (Å²) in [6, 6.07) is 78.8. The molecule has 4 heteroatoms. The lowest BCUT2D eigenvalue weighted by atomic mass is 9.72. The molecule has 1 aliphatic heterocycles. The van der Waals surface area contributed by atoms with Gasteiger partial charge in [0.15, 0.2) is 5.84 Å². The van der Waals surface area contributed by atoms with Crippen molar-refractivity contribution in [1.82, 2.24) is 5.32 Å². The van der Waals surface area contributed by atoms with E-state index in [1.54, 1.807) is 0 Å². The van der Waals surface area contributed by atoms with Gasteiger partial charge < -0.3 is 5.32 Å². The van der Waals surface area contributed by atoms with Crippen LogP contribution in [0, 0.1) is 0 Å². The van der Waals surface area contributed by atoms with Crippen molar-refractivity contribution < 1.29 is 0 Å². The van der Waals surface area contributed by atoms with Crippen LogP contribution in [0.15, 0.2) is 228 Å². The van der Waals surface area contributed by atoms with Crippen molar-refractivity contribution in [1.29, 1.82) is 0 Å². The maximum Gasteiger partial charge on any atom is 0.159 e. The fourth-order valence-corrected chi connectivity index (χ4v) is 11.3. The highest BCUT2D eigenvalue weighted by molar-refractivity contribution is 7.26. The Morgan fingerprint density at radius 2 is 1.05 bits per heavy atom. The van der Waals surface area contributed by atoms with Crippen molar-refractivity contribution in [2.75, 3.05) is 0 Å². The fraction of sp³-hybridized carbons (Fsp3) is 0.0508. The Morgan fingerprint density at radius 1 is 0.460 bits per heavy atom. The molecule has 0 saturated carbocycles. The predicted octanol–water partition coefficient (Wildman–Crippen LogP) is 14.9. The molecule has 298 valence electrons. The number of benzene rings is 9. The third kappa shape index (κ3) is 6.17. The number of rotatable bonds is 7. The van der Waals surface area contributed by atoms with E-state index >= 15 is 0 Å². The number of fused-ring (bicyclic) bond motifs is 6. The Bertz CT molecular complexity index is 3440. The number of nitrogens with one attached hydrogen (secondary N) is 1. The van der Waals surface area contributed by atoms with Gasteiger partial charge in [0, 0.05) is 42.3 Å². The molecule has 0 radical (unpaired) electrons. The Hall–Kier alpha value is -7.66. The second-order valence-electron chi connectivity index (χ2n) is 16.6. The first kappa shape index (κ1) is 37.1. The molecule has 1 N–H and O–H groups in total. The maximum atomic E-state index is 5.42. The van der Waals surface area contributed by atoms with Gasteiger partial charge in [0.25, 0.3) is 0 Å². The van der Waals surface area contributed by atoms with Crippen molar-refractivity contribution in [3.63, 3.8) is 0 Å². The summed E-state index contributed by atoms with van der Waals surface area (Å²) < 4.78 is 2.51. The zero-order valence-corrected chi connectivity index (χ0v) is 35.5. The van der Waals surface area contributed by atoms with E-state index in [1.165, 1.54) is 59.1 Å². The number of hydrogen-bond acceptors (Lipinski definition) is 4. The first-order chi connectivity index (χ1) is 31.1. The molecular weight excluding hydrogens is 783 g/mol. The lowest BCUT2D eigenvalue weighted by Gasteiger charge is -2.30. The molecule has 2 unspecified atom stereocenters. The van der Waals surface area contributed by atoms with Crippen LogP contribution in [0.3, 0.4) is 0 Å². The summed E-state index contributed by atoms with van der Waals surface area (Å²) in [6.07, 6.45) is -0.351. The first-order valence-corrected chi connectivity index (χ1v) is 22.4. The number of nitrogens with zero attached hydrogens (tertiary/aromatic N) is 2. The third-order valence-corrected chi connectivity index (χ3v) is 14.3. The molecule has 1 aliphatic carbocycles. The number of thiophene rings is 1. The van der Waals surface area contributed by atoms with E-state index in [1.807, 2.05) is 11.3 Å². The highest BCUT2D eigenvalue weighted by Gasteiger charge is 2.42. The van der Waals surface area contributed by atoms with Crippen LogP contribution in [0.25, 0.3) is 64.7 Å². The monoisotopic (exact) mass is 823 g/mol. The highest BCUT2D eigenvalue weighted by Crippen LogP contribution is 2.55. The average Bonchev–Trinajstić information content (AvgIpc) is 3.88. The zero-order valence-electron chi connectivity index (χ0n) is 34.7. The molecule has 10 aromatic rings. The summed E-state index contributed by atoms with van der Waals surface area (Å²) in [6.45, 7) is 2.39. The van der Waals surface area contributed by atoms with Gasteiger partial charge in [-0.3, -0.25) is 0 Å². The second kappa shape index (κ2) is 15.1. The quantitative estimate of drug-likeness (QED) is 0.171. The normalized spacial score (nSPS) is 16.6. The van der Waals surface area contributed by atoms with Gasteiger partial charge in [-0.15, -0.1) is 11.3 Å². The van der Waals surface area contributed by atoms with Crippen LogP contribution in [0.4, 0.5) is 0 Å². The van der Waals surface area contributed by atoms with E-state index < -0.39 is 0 Å². The summed E-state index contributed by atoms with van der Waals surface area (Å²) in [7, 11) is 0. The summed E-state index contributed by atoms with van der Waals surface area (Å²) in [5.41, 5.74) is 16.5. The number of amidine groups is 2. The molecule has 0 bridgehead atoms. The maximum absolute atomic E-state index is 5.42. The number of hydrogen-bond donors (Lipinski definition) is 1. The van der Waals surface area contributed by atoms with Gasteiger partial charge in [-0.25, -0.2) is 9.98 Å². The molecule has 2 aliphatic rings. The van der Waals surface area contributed by atoms with Crippen molar-refractivity contribution in [3.8, 4) is 44.5 Å². The largest absolute Gasteiger partial charge is 0.344 e. The van der Waals surface area contributed by atoms with Crippen LogP contribution >= 0.6 is 11.3 Å². The van der Waals surface area contributed by atoms with E-state index in [0.717, 1.165) is 44.8 Å². The van der Waals surface area contributed by atoms with Gasteiger partial charge in [0.1, 0.15) is 12.0 Å². The molecular formula is C59H41N3S. The van der Waals surface area contributed by atoms with E-state index in [4.69, 9.17) is 9.98 Å². The summed E-state index contributed by atoms with van der Waals surface area (Å²) in [4.78, 5) is 10.8. The molecule has 3 nitrogen and oxygen atoms in total. The number of aliphatic imine (C=N–C) groups is 2. The van der Waals surface area contributed by atoms with Crippen LogP contribution in [0.5, 0.6) is 0 Å². The lowest BCUT2D eigenvalue weighted by Crippen LogP contribution is -2.34. The standard InChI is InChI=1S/C59H41N3S/c1-59(43-21-6-3-7-22-43)52-31-12-10-24-46(52)48-28-15-27-45(54(48)59)40-35-33-38(34-36-40)41-19-14-20-42(37-41)56-60-57(50-26-9-8-23-44(50)39-17-4-2-5-18-39)62-58(61-56)51-30-16-29-49-47-25-11-13-32-53(47)63-55(49)51/h2-37,58H,1H3,(H,60,61,62). The van der Waals surface area contributed by atoms with Crippen molar-refractivity contribution in [3.05, 3.63) is 252 Å². The Morgan fingerprint density at radius 3 is 1.89 bits per heavy atom. The molecule has 2 heterocycles. The zero-order chi connectivity index (χ0) is 41.9. The van der Waals surface area contributed by atoms with Crippen molar-refractivity contribution >= 4 is 43.2 Å². The molecule has 0 spiro atoms. The molecule has 0 amide bonds. The minimum absolute atomic E-state index is 0.284. The van der Waals surface area contributed by atoms with Crippen molar-refractivity contribution in [2.45, 2.75) is 18.5 Å². The van der Waals surface area contributed by atoms with Gasteiger partial charge in [-0.05, 0) is 80.3 Å². The van der Waals surface area contributed by atoms with E-state index in [0.29, 0.717) is 5.84 Å². The van der Waals surface area contributed by atoms with Crippen LogP contribution in [0.1, 0.15) is 46.5 Å². The molecule has 0 saturated heterocycles. The van der Waals surface area contributed by atoms with Gasteiger partial charge >= 0.3 is 0 Å². The van der Waals surface area contributed by atoms with Gasteiger partial charge in [-0.1, -0.05) is 206 Å². The molecule has 63 heavy (non-hydrogen) atoms. The molecule has 12 rings (SSSR count). The molecule has 0 fully saturated rings. The predicted molar refractivity (Wildman–Crippen MR) is 265 cm³/mol. The Balaban J connectivity index is 0.949. The van der Waals surface area contributed by atoms with Crippen LogP contribution < -0.4 is 5.32 Å². The smallest absolute Gasteiger partial charge is 0.159 e. The third-order valence-electron chi connectivity index (χ3n) is 13.1. The van der Waals surface area contributed by atoms with Crippen LogP contribution in [-0.2, 0) is 5.41 Å². The van der Waals surface area contributed by atoms with Crippen molar-refractivity contribution in [2.24, 2.45) is 9.98 Å². The summed E-state index contributed by atoms with van der Waals surface area (Å²) in [5, 5.41) is 6.33. The molecule has 9 aromatic carbocycles. The topological polar surface area (TPSA) is 36.8 Å². The van der Waals surface area contributed by atoms with Gasteiger partial charge in [0.05, 0.1) is 0 Å². The summed E-state index contributed by atoms with van der Waals surface area (Å²) in [5.74, 6) is 1.50. The van der Waals surface area contributed by atoms with E-state index in [9.17, 15) is 0 Å². The Kier molecular flexibility index (Phi) is 8.87. The summed E-state index contributed by atoms with van der Waals surface area (Å²) >= 11 is 1.83. The van der Waals surface area contributed by atoms with Crippen LogP contribution in [0.2, 0.25) is 0 Å². The first-order valence-electron chi connectivity index (χ1n) is 21.6. The minimum Gasteiger partial charge on any atom is -0.344 e. The second-order valence-corrected chi connectivity index (χ2v) is 17.7. The molecule has 2 atom stereocenters. The minimum atomic E-state index is -0.351. The SMILES string of the molecule is CC1(c2ccccc2)c2ccccc2-c2cccc(-c3ccc(-c4cccc(C5=NC(c6cccc7c6sc6ccccc67)NC(c6ccccc6-c6ccccc6)=N5)c4)cc3)c21. The van der Waals surface area contributed by atoms with Gasteiger partial charge in [-0.2, -0.15) is 0 Å². The van der Waals surface area contributed by atoms with Crippen LogP contribution in [-0.4, -0.2) is 11.7 Å². The highest BCUT2D eigenvalue weighted by atomic mass is 32.1. The molecule has 1 aromatic heterocycles. The average molecular weight is 824 g/mol.